The van der Waals surface area contributed by atoms with Crippen molar-refractivity contribution in [2.24, 2.45) is 0 Å². The SMILES string of the molecule is COC(=O)c1ccc(/C=C/C(=O)Nc2nc3c(s2)CN(C(=O)c2ccccc2)CC3)cc1. The number of amides is 2. The fourth-order valence-corrected chi connectivity index (χ4v) is 4.38. The van der Waals surface area contributed by atoms with E-state index in [1.165, 1.54) is 24.5 Å². The average Bonchev–Trinajstić information content (AvgIpc) is 3.24. The monoisotopic (exact) mass is 447 g/mol. The second kappa shape index (κ2) is 9.57. The number of anilines is 1. The third kappa shape index (κ3) is 4.92. The minimum atomic E-state index is -0.407. The highest BCUT2D eigenvalue weighted by atomic mass is 32.1. The van der Waals surface area contributed by atoms with Crippen molar-refractivity contribution in [3.63, 3.8) is 0 Å². The summed E-state index contributed by atoms with van der Waals surface area (Å²) in [5, 5.41) is 3.30. The lowest BCUT2D eigenvalue weighted by Gasteiger charge is -2.26. The van der Waals surface area contributed by atoms with Crippen LogP contribution in [0.15, 0.2) is 60.7 Å². The fraction of sp³-hybridized carbons (Fsp3) is 0.167. The number of hydrogen-bond acceptors (Lipinski definition) is 6. The molecule has 1 aliphatic rings. The molecule has 0 spiro atoms. The third-order valence-electron chi connectivity index (χ3n) is 5.03. The third-order valence-corrected chi connectivity index (χ3v) is 6.03. The molecular formula is C24H21N3O4S. The Balaban J connectivity index is 1.37. The van der Waals surface area contributed by atoms with Crippen molar-refractivity contribution in [2.45, 2.75) is 13.0 Å². The first kappa shape index (κ1) is 21.5. The van der Waals surface area contributed by atoms with Crippen molar-refractivity contribution < 1.29 is 19.1 Å². The molecule has 0 aliphatic carbocycles. The van der Waals surface area contributed by atoms with E-state index in [0.29, 0.717) is 35.8 Å². The van der Waals surface area contributed by atoms with Gasteiger partial charge in [0.1, 0.15) is 0 Å². The van der Waals surface area contributed by atoms with Crippen molar-refractivity contribution in [1.29, 1.82) is 0 Å². The molecule has 162 valence electrons. The van der Waals surface area contributed by atoms with Gasteiger partial charge in [-0.2, -0.15) is 0 Å². The Morgan fingerprint density at radius 1 is 1.06 bits per heavy atom. The summed E-state index contributed by atoms with van der Waals surface area (Å²) in [6.45, 7) is 1.08. The molecule has 1 N–H and O–H groups in total. The molecule has 0 bridgehead atoms. The Hall–Kier alpha value is -3.78. The van der Waals surface area contributed by atoms with Gasteiger partial charge in [-0.1, -0.05) is 41.7 Å². The van der Waals surface area contributed by atoms with E-state index in [-0.39, 0.29) is 11.8 Å². The van der Waals surface area contributed by atoms with E-state index in [0.717, 1.165) is 16.1 Å². The lowest BCUT2D eigenvalue weighted by Crippen LogP contribution is -2.35. The van der Waals surface area contributed by atoms with Gasteiger partial charge in [-0.25, -0.2) is 9.78 Å². The van der Waals surface area contributed by atoms with Gasteiger partial charge in [0.15, 0.2) is 5.13 Å². The molecule has 2 aromatic carbocycles. The smallest absolute Gasteiger partial charge is 0.337 e. The van der Waals surface area contributed by atoms with Gasteiger partial charge in [-0.3, -0.25) is 14.9 Å². The summed E-state index contributed by atoms with van der Waals surface area (Å²) in [7, 11) is 1.33. The van der Waals surface area contributed by atoms with Crippen molar-refractivity contribution in [3.05, 3.63) is 87.9 Å². The van der Waals surface area contributed by atoms with E-state index in [9.17, 15) is 14.4 Å². The summed E-state index contributed by atoms with van der Waals surface area (Å²) in [6, 6.07) is 16.0. The van der Waals surface area contributed by atoms with Crippen LogP contribution in [0.5, 0.6) is 0 Å². The maximum Gasteiger partial charge on any atom is 0.337 e. The number of carbonyl (C=O) groups is 3. The maximum absolute atomic E-state index is 12.7. The molecule has 0 saturated heterocycles. The maximum atomic E-state index is 12.7. The van der Waals surface area contributed by atoms with Crippen molar-refractivity contribution in [3.8, 4) is 0 Å². The lowest BCUT2D eigenvalue weighted by atomic mass is 10.1. The molecule has 7 nitrogen and oxygen atoms in total. The number of nitrogens with zero attached hydrogens (tertiary/aromatic N) is 2. The molecule has 3 aromatic rings. The highest BCUT2D eigenvalue weighted by Gasteiger charge is 2.25. The van der Waals surface area contributed by atoms with Crippen molar-refractivity contribution >= 4 is 40.3 Å². The van der Waals surface area contributed by atoms with Gasteiger partial charge in [0.2, 0.25) is 5.91 Å². The lowest BCUT2D eigenvalue weighted by molar-refractivity contribution is -0.111. The molecule has 2 amide bonds. The second-order valence-electron chi connectivity index (χ2n) is 7.17. The van der Waals surface area contributed by atoms with Crippen LogP contribution in [-0.4, -0.2) is 41.3 Å². The minimum absolute atomic E-state index is 0.00335. The predicted molar refractivity (Wildman–Crippen MR) is 122 cm³/mol. The van der Waals surface area contributed by atoms with Gasteiger partial charge in [-0.15, -0.1) is 0 Å². The van der Waals surface area contributed by atoms with Crippen molar-refractivity contribution in [1.82, 2.24) is 9.88 Å². The van der Waals surface area contributed by atoms with E-state index in [4.69, 9.17) is 0 Å². The molecule has 0 saturated carbocycles. The van der Waals surface area contributed by atoms with Crippen LogP contribution in [0.25, 0.3) is 6.08 Å². The van der Waals surface area contributed by atoms with Crippen LogP contribution in [0.3, 0.4) is 0 Å². The molecule has 32 heavy (non-hydrogen) atoms. The summed E-state index contributed by atoms with van der Waals surface area (Å²) in [5.74, 6) is -0.711. The number of carbonyl (C=O) groups excluding carboxylic acids is 3. The number of fused-ring (bicyclic) bond motifs is 1. The summed E-state index contributed by atoms with van der Waals surface area (Å²) in [4.78, 5) is 43.8. The Morgan fingerprint density at radius 2 is 1.81 bits per heavy atom. The van der Waals surface area contributed by atoms with Gasteiger partial charge < -0.3 is 9.64 Å². The molecular weight excluding hydrogens is 426 g/mol. The molecule has 4 rings (SSSR count). The highest BCUT2D eigenvalue weighted by molar-refractivity contribution is 7.15. The zero-order valence-electron chi connectivity index (χ0n) is 17.4. The van der Waals surface area contributed by atoms with Gasteiger partial charge in [0.25, 0.3) is 5.91 Å². The zero-order valence-corrected chi connectivity index (χ0v) is 18.2. The Kier molecular flexibility index (Phi) is 6.42. The average molecular weight is 448 g/mol. The van der Waals surface area contributed by atoms with Gasteiger partial charge in [-0.05, 0) is 35.9 Å². The van der Waals surface area contributed by atoms with E-state index < -0.39 is 5.97 Å². The van der Waals surface area contributed by atoms with Gasteiger partial charge in [0, 0.05) is 29.5 Å². The number of benzene rings is 2. The molecule has 0 radical (unpaired) electrons. The summed E-state index contributed by atoms with van der Waals surface area (Å²) in [5.41, 5.74) is 2.81. The van der Waals surface area contributed by atoms with Crippen LogP contribution >= 0.6 is 11.3 Å². The standard InChI is InChI=1S/C24H21N3O4S/c1-31-23(30)18-10-7-16(8-11-18)9-12-21(28)26-24-25-19-13-14-27(15-20(19)32-24)22(29)17-5-3-2-4-6-17/h2-12H,13-15H2,1H3,(H,25,26,28)/b12-9+. The molecule has 2 heterocycles. The quantitative estimate of drug-likeness (QED) is 0.475. The molecule has 0 atom stereocenters. The number of ether oxygens (including phenoxy) is 1. The van der Waals surface area contributed by atoms with Gasteiger partial charge >= 0.3 is 5.97 Å². The number of esters is 1. The molecule has 1 aromatic heterocycles. The molecule has 0 unspecified atom stereocenters. The molecule has 8 heteroatoms. The minimum Gasteiger partial charge on any atom is -0.465 e. The Labute approximate surface area is 189 Å². The van der Waals surface area contributed by atoms with Crippen LogP contribution in [-0.2, 0) is 22.5 Å². The van der Waals surface area contributed by atoms with E-state index in [1.807, 2.05) is 30.3 Å². The Morgan fingerprint density at radius 3 is 2.53 bits per heavy atom. The fourth-order valence-electron chi connectivity index (χ4n) is 3.35. The van der Waals surface area contributed by atoms with Crippen LogP contribution in [0, 0.1) is 0 Å². The first-order chi connectivity index (χ1) is 15.5. The predicted octanol–water partition coefficient (Wildman–Crippen LogP) is 3.78. The summed E-state index contributed by atoms with van der Waals surface area (Å²) in [6.07, 6.45) is 3.73. The number of thiazole rings is 1. The number of nitrogens with one attached hydrogen (secondary N) is 1. The van der Waals surface area contributed by atoms with E-state index in [2.05, 4.69) is 15.0 Å². The summed E-state index contributed by atoms with van der Waals surface area (Å²) >= 11 is 1.39. The summed E-state index contributed by atoms with van der Waals surface area (Å²) < 4.78 is 4.67. The molecule has 0 fully saturated rings. The molecule has 1 aliphatic heterocycles. The zero-order chi connectivity index (χ0) is 22.5. The number of rotatable bonds is 5. The van der Waals surface area contributed by atoms with Crippen LogP contribution in [0.2, 0.25) is 0 Å². The van der Waals surface area contributed by atoms with Crippen LogP contribution in [0.1, 0.15) is 36.9 Å². The Bertz CT molecular complexity index is 1170. The largest absolute Gasteiger partial charge is 0.465 e. The van der Waals surface area contributed by atoms with Crippen LogP contribution in [0.4, 0.5) is 5.13 Å². The number of hydrogen-bond donors (Lipinski definition) is 1. The first-order valence-electron chi connectivity index (χ1n) is 10.0. The topological polar surface area (TPSA) is 88.6 Å². The van der Waals surface area contributed by atoms with E-state index in [1.54, 1.807) is 35.2 Å². The van der Waals surface area contributed by atoms with E-state index >= 15 is 0 Å². The number of methoxy groups -OCH3 is 1. The number of aromatic nitrogens is 1. The normalized spacial score (nSPS) is 13.0. The van der Waals surface area contributed by atoms with Crippen molar-refractivity contribution in [2.75, 3.05) is 19.0 Å². The first-order valence-corrected chi connectivity index (χ1v) is 10.9. The second-order valence-corrected chi connectivity index (χ2v) is 8.25. The van der Waals surface area contributed by atoms with Gasteiger partial charge in [0.05, 0.1) is 24.9 Å². The highest BCUT2D eigenvalue weighted by Crippen LogP contribution is 2.29. The van der Waals surface area contributed by atoms with Crippen LogP contribution < -0.4 is 5.32 Å².